The van der Waals surface area contributed by atoms with E-state index in [9.17, 15) is 4.79 Å². The summed E-state index contributed by atoms with van der Waals surface area (Å²) in [6, 6.07) is 0.412. The quantitative estimate of drug-likeness (QED) is 0.527. The van der Waals surface area contributed by atoms with Crippen LogP contribution in [0.2, 0.25) is 0 Å². The van der Waals surface area contributed by atoms with Gasteiger partial charge < -0.3 is 15.7 Å². The highest BCUT2D eigenvalue weighted by atomic mass is 16.4. The second kappa shape index (κ2) is 2.11. The molecule has 0 aliphatic carbocycles. The first-order valence-electron chi connectivity index (χ1n) is 3.97. The van der Waals surface area contributed by atoms with Gasteiger partial charge in [0.05, 0.1) is 6.04 Å². The highest BCUT2D eigenvalue weighted by molar-refractivity contribution is 5.67. The molecule has 11 heavy (non-hydrogen) atoms. The van der Waals surface area contributed by atoms with Crippen LogP contribution in [0.15, 0.2) is 0 Å². The molecule has 4 heteroatoms. The molecule has 0 aromatic carbocycles. The summed E-state index contributed by atoms with van der Waals surface area (Å²) in [5, 5.41) is 8.78. The molecule has 2 bridgehead atoms. The standard InChI is InChI=1S/C7H12N2O2/c8-5-3-4-1-2-6(5)9(4)7(10)11/h4-6H,1-3,8H2,(H,10,11)/t4-,5+,6+/m0/s1. The summed E-state index contributed by atoms with van der Waals surface area (Å²) in [5.74, 6) is 0. The van der Waals surface area contributed by atoms with Gasteiger partial charge >= 0.3 is 6.09 Å². The van der Waals surface area contributed by atoms with Crippen LogP contribution in [-0.2, 0) is 0 Å². The van der Waals surface area contributed by atoms with Crippen LogP contribution in [0.1, 0.15) is 19.3 Å². The van der Waals surface area contributed by atoms with Gasteiger partial charge in [0.2, 0.25) is 0 Å². The number of carbonyl (C=O) groups is 1. The lowest BCUT2D eigenvalue weighted by molar-refractivity contribution is 0.138. The van der Waals surface area contributed by atoms with E-state index < -0.39 is 6.09 Å². The normalized spacial score (nSPS) is 41.5. The number of fused-ring (bicyclic) bond motifs is 2. The molecule has 3 N–H and O–H groups in total. The van der Waals surface area contributed by atoms with Crippen LogP contribution in [0.5, 0.6) is 0 Å². The minimum Gasteiger partial charge on any atom is -0.465 e. The first kappa shape index (κ1) is 6.91. The first-order valence-corrected chi connectivity index (χ1v) is 3.97. The Morgan fingerprint density at radius 1 is 1.55 bits per heavy atom. The molecule has 0 radical (unpaired) electrons. The Morgan fingerprint density at radius 2 is 2.27 bits per heavy atom. The molecule has 2 rings (SSSR count). The number of amides is 1. The molecule has 0 saturated carbocycles. The Kier molecular flexibility index (Phi) is 1.32. The molecule has 0 unspecified atom stereocenters. The second-order valence-corrected chi connectivity index (χ2v) is 3.39. The lowest BCUT2D eigenvalue weighted by atomic mass is 9.97. The zero-order valence-electron chi connectivity index (χ0n) is 6.23. The van der Waals surface area contributed by atoms with Crippen molar-refractivity contribution in [2.75, 3.05) is 0 Å². The van der Waals surface area contributed by atoms with Crippen molar-refractivity contribution in [1.29, 1.82) is 0 Å². The molecule has 2 fully saturated rings. The smallest absolute Gasteiger partial charge is 0.407 e. The van der Waals surface area contributed by atoms with E-state index in [1.54, 1.807) is 0 Å². The molecule has 2 heterocycles. The summed E-state index contributed by atoms with van der Waals surface area (Å²) < 4.78 is 0. The second-order valence-electron chi connectivity index (χ2n) is 3.39. The summed E-state index contributed by atoms with van der Waals surface area (Å²) in [7, 11) is 0. The fourth-order valence-corrected chi connectivity index (χ4v) is 2.33. The molecule has 0 spiro atoms. The predicted octanol–water partition coefficient (Wildman–Crippen LogP) is 0.228. The van der Waals surface area contributed by atoms with Gasteiger partial charge in [0.1, 0.15) is 0 Å². The van der Waals surface area contributed by atoms with E-state index >= 15 is 0 Å². The average molecular weight is 156 g/mol. The zero-order chi connectivity index (χ0) is 8.01. The molecule has 1 amide bonds. The van der Waals surface area contributed by atoms with Gasteiger partial charge in [-0.1, -0.05) is 0 Å². The first-order chi connectivity index (χ1) is 5.20. The molecular formula is C7H12N2O2. The maximum Gasteiger partial charge on any atom is 0.407 e. The monoisotopic (exact) mass is 156 g/mol. The number of rotatable bonds is 0. The number of nitrogens with zero attached hydrogens (tertiary/aromatic N) is 1. The van der Waals surface area contributed by atoms with Crippen molar-refractivity contribution < 1.29 is 9.90 Å². The van der Waals surface area contributed by atoms with Crippen LogP contribution in [0, 0.1) is 0 Å². The summed E-state index contributed by atoms with van der Waals surface area (Å²) >= 11 is 0. The summed E-state index contributed by atoms with van der Waals surface area (Å²) in [4.78, 5) is 12.2. The lowest BCUT2D eigenvalue weighted by Crippen LogP contribution is -2.39. The molecular weight excluding hydrogens is 144 g/mol. The van der Waals surface area contributed by atoms with Gasteiger partial charge in [0, 0.05) is 12.1 Å². The van der Waals surface area contributed by atoms with E-state index in [4.69, 9.17) is 10.8 Å². The van der Waals surface area contributed by atoms with E-state index in [2.05, 4.69) is 0 Å². The third kappa shape index (κ3) is 0.822. The maximum absolute atomic E-state index is 10.7. The van der Waals surface area contributed by atoms with E-state index in [1.807, 2.05) is 0 Å². The third-order valence-corrected chi connectivity index (χ3v) is 2.81. The largest absolute Gasteiger partial charge is 0.465 e. The van der Waals surface area contributed by atoms with Crippen LogP contribution in [0.25, 0.3) is 0 Å². The van der Waals surface area contributed by atoms with Crippen LogP contribution in [0.4, 0.5) is 4.79 Å². The van der Waals surface area contributed by atoms with Crippen LogP contribution in [0.3, 0.4) is 0 Å². The topological polar surface area (TPSA) is 66.6 Å². The van der Waals surface area contributed by atoms with Crippen LogP contribution in [-0.4, -0.2) is 34.2 Å². The number of nitrogens with two attached hydrogens (primary N) is 1. The van der Waals surface area contributed by atoms with Crippen molar-refractivity contribution in [2.24, 2.45) is 5.73 Å². The van der Waals surface area contributed by atoms with Gasteiger partial charge in [-0.3, -0.25) is 0 Å². The van der Waals surface area contributed by atoms with E-state index in [-0.39, 0.29) is 18.1 Å². The number of hydrogen-bond acceptors (Lipinski definition) is 2. The Balaban J connectivity index is 2.19. The Hall–Kier alpha value is -0.770. The summed E-state index contributed by atoms with van der Waals surface area (Å²) in [5.41, 5.74) is 5.74. The number of carboxylic acid groups (broad SMARTS) is 1. The minimum atomic E-state index is -0.801. The zero-order valence-corrected chi connectivity index (χ0v) is 6.23. The van der Waals surface area contributed by atoms with Gasteiger partial charge in [0.25, 0.3) is 0 Å². The predicted molar refractivity (Wildman–Crippen MR) is 39.3 cm³/mol. The van der Waals surface area contributed by atoms with E-state index in [0.717, 1.165) is 19.3 Å². The molecule has 2 saturated heterocycles. The van der Waals surface area contributed by atoms with Crippen molar-refractivity contribution in [3.63, 3.8) is 0 Å². The van der Waals surface area contributed by atoms with E-state index in [0.29, 0.717) is 0 Å². The summed E-state index contributed by atoms with van der Waals surface area (Å²) in [6.45, 7) is 0. The molecule has 62 valence electrons. The van der Waals surface area contributed by atoms with Crippen molar-refractivity contribution in [3.05, 3.63) is 0 Å². The Labute approximate surface area is 65.0 Å². The molecule has 2 aliphatic heterocycles. The fraction of sp³-hybridized carbons (Fsp3) is 0.857. The van der Waals surface area contributed by atoms with Crippen LogP contribution >= 0.6 is 0 Å². The van der Waals surface area contributed by atoms with Crippen molar-refractivity contribution in [3.8, 4) is 0 Å². The fourth-order valence-electron chi connectivity index (χ4n) is 2.33. The van der Waals surface area contributed by atoms with E-state index in [1.165, 1.54) is 4.90 Å². The average Bonchev–Trinajstić information content (AvgIpc) is 2.41. The van der Waals surface area contributed by atoms with Crippen LogP contribution < -0.4 is 5.73 Å². The van der Waals surface area contributed by atoms with Gasteiger partial charge in [-0.05, 0) is 19.3 Å². The van der Waals surface area contributed by atoms with Crippen molar-refractivity contribution in [2.45, 2.75) is 37.4 Å². The number of hydrogen-bond donors (Lipinski definition) is 2. The molecule has 0 aromatic heterocycles. The SMILES string of the molecule is N[C@@H]1C[C@@H]2CC[C@H]1N2C(=O)O. The van der Waals surface area contributed by atoms with Gasteiger partial charge in [0.15, 0.2) is 0 Å². The van der Waals surface area contributed by atoms with Gasteiger partial charge in [-0.25, -0.2) is 4.79 Å². The third-order valence-electron chi connectivity index (χ3n) is 2.81. The van der Waals surface area contributed by atoms with Crippen molar-refractivity contribution >= 4 is 6.09 Å². The van der Waals surface area contributed by atoms with Gasteiger partial charge in [-0.15, -0.1) is 0 Å². The highest BCUT2D eigenvalue weighted by Crippen LogP contribution is 2.36. The maximum atomic E-state index is 10.7. The highest BCUT2D eigenvalue weighted by Gasteiger charge is 2.47. The molecule has 2 aliphatic rings. The Bertz CT molecular complexity index is 195. The molecule has 3 atom stereocenters. The minimum absolute atomic E-state index is 0.0878. The van der Waals surface area contributed by atoms with Gasteiger partial charge in [-0.2, -0.15) is 0 Å². The Morgan fingerprint density at radius 3 is 2.55 bits per heavy atom. The molecule has 0 aromatic rings. The summed E-state index contributed by atoms with van der Waals surface area (Å²) in [6.07, 6.45) is 2.02. The van der Waals surface area contributed by atoms with Crippen molar-refractivity contribution in [1.82, 2.24) is 4.90 Å². The lowest BCUT2D eigenvalue weighted by Gasteiger charge is -2.18. The molecule has 4 nitrogen and oxygen atoms in total.